The third-order valence-electron chi connectivity index (χ3n) is 13.3. The van der Waals surface area contributed by atoms with Crippen LogP contribution >= 0.6 is 0 Å². The van der Waals surface area contributed by atoms with E-state index in [1.807, 2.05) is 18.2 Å². The lowest BCUT2D eigenvalue weighted by Gasteiger charge is -2.28. The molecule has 7 aromatic carbocycles. The monoisotopic (exact) mass is 748 g/mol. The SMILES string of the molecule is CC1(C)c2ccccc2-c2cc(-c3nc(-c4ccccc4)nc(N(c4ccc5c(c4)-c4ccccc4C5(C)C)c4cccc5c4-c4ccccc4C5(C)C)n3)ccc21. The fourth-order valence-electron chi connectivity index (χ4n) is 10.3. The van der Waals surface area contributed by atoms with Crippen LogP contribution in [0.1, 0.15) is 74.9 Å². The fraction of sp³-hybridized carbons (Fsp3) is 0.167. The van der Waals surface area contributed by atoms with E-state index in [0.29, 0.717) is 17.6 Å². The summed E-state index contributed by atoms with van der Waals surface area (Å²) in [6.07, 6.45) is 0. The molecule has 4 nitrogen and oxygen atoms in total. The average Bonchev–Trinajstić information content (AvgIpc) is 3.74. The molecule has 280 valence electrons. The molecule has 0 saturated heterocycles. The van der Waals surface area contributed by atoms with Gasteiger partial charge in [-0.25, -0.2) is 4.98 Å². The quantitative estimate of drug-likeness (QED) is 0.176. The van der Waals surface area contributed by atoms with Crippen molar-refractivity contribution in [2.75, 3.05) is 4.90 Å². The molecule has 0 radical (unpaired) electrons. The zero-order valence-corrected chi connectivity index (χ0v) is 33.8. The summed E-state index contributed by atoms with van der Waals surface area (Å²) in [6.45, 7) is 14.0. The minimum absolute atomic E-state index is 0.0980. The van der Waals surface area contributed by atoms with Crippen LogP contribution in [0.25, 0.3) is 56.2 Å². The summed E-state index contributed by atoms with van der Waals surface area (Å²) in [7, 11) is 0. The first-order valence-corrected chi connectivity index (χ1v) is 20.4. The number of benzene rings is 7. The molecular weight excluding hydrogens is 705 g/mol. The Balaban J connectivity index is 1.19. The van der Waals surface area contributed by atoms with Crippen LogP contribution in [-0.4, -0.2) is 15.0 Å². The lowest BCUT2D eigenvalue weighted by Crippen LogP contribution is -2.18. The first kappa shape index (κ1) is 34.6. The predicted molar refractivity (Wildman–Crippen MR) is 238 cm³/mol. The first-order chi connectivity index (χ1) is 28.0. The van der Waals surface area contributed by atoms with E-state index in [9.17, 15) is 0 Å². The second-order valence-corrected chi connectivity index (χ2v) is 17.7. The highest BCUT2D eigenvalue weighted by atomic mass is 15.3. The van der Waals surface area contributed by atoms with Gasteiger partial charge in [0, 0.05) is 38.6 Å². The van der Waals surface area contributed by atoms with Crippen LogP contribution in [0.4, 0.5) is 17.3 Å². The summed E-state index contributed by atoms with van der Waals surface area (Å²) in [5.74, 6) is 1.85. The van der Waals surface area contributed by atoms with E-state index >= 15 is 0 Å². The highest BCUT2D eigenvalue weighted by Gasteiger charge is 2.40. The maximum absolute atomic E-state index is 5.49. The van der Waals surface area contributed by atoms with Crippen molar-refractivity contribution in [1.29, 1.82) is 0 Å². The number of aromatic nitrogens is 3. The second-order valence-electron chi connectivity index (χ2n) is 17.7. The van der Waals surface area contributed by atoms with E-state index in [4.69, 9.17) is 15.0 Å². The van der Waals surface area contributed by atoms with Gasteiger partial charge < -0.3 is 0 Å². The van der Waals surface area contributed by atoms with E-state index in [1.54, 1.807) is 0 Å². The first-order valence-electron chi connectivity index (χ1n) is 20.4. The Bertz CT molecular complexity index is 2990. The lowest BCUT2D eigenvalue weighted by molar-refractivity contribution is 0.660. The van der Waals surface area contributed by atoms with Gasteiger partial charge in [-0.3, -0.25) is 4.90 Å². The molecule has 0 bridgehead atoms. The minimum atomic E-state index is -0.178. The normalized spacial score (nSPS) is 15.5. The van der Waals surface area contributed by atoms with Crippen molar-refractivity contribution in [2.24, 2.45) is 0 Å². The molecule has 0 N–H and O–H groups in total. The van der Waals surface area contributed by atoms with Crippen molar-refractivity contribution in [3.05, 3.63) is 191 Å². The molecule has 3 aliphatic carbocycles. The lowest BCUT2D eigenvalue weighted by atomic mass is 9.82. The highest BCUT2D eigenvalue weighted by Crippen LogP contribution is 2.56. The molecule has 4 heteroatoms. The zero-order chi connectivity index (χ0) is 39.6. The molecule has 1 aromatic heterocycles. The standard InChI is InChI=1S/C54H44N4/c1-52(2)41-22-13-10-19-36(41)39-31-34(27-29-44(39)52)50-55-49(33-17-8-7-9-18-33)56-51(57-50)58(35-28-30-45-40(32-35)37-20-11-14-23-42(37)53(45,3)4)47-26-16-25-46-48(47)38-21-12-15-24-43(38)54(46,5)6/h7-32H,1-6H3. The number of anilines is 3. The maximum atomic E-state index is 5.49. The van der Waals surface area contributed by atoms with Gasteiger partial charge in [0.15, 0.2) is 11.6 Å². The number of nitrogens with zero attached hydrogens (tertiary/aromatic N) is 4. The molecule has 0 spiro atoms. The van der Waals surface area contributed by atoms with E-state index in [2.05, 4.69) is 186 Å². The Kier molecular flexibility index (Phi) is 7.26. The summed E-state index contributed by atoms with van der Waals surface area (Å²) in [6, 6.07) is 57.2. The van der Waals surface area contributed by atoms with Gasteiger partial charge in [0.2, 0.25) is 5.95 Å². The highest BCUT2D eigenvalue weighted by molar-refractivity contribution is 5.95. The van der Waals surface area contributed by atoms with Gasteiger partial charge in [0.05, 0.1) is 5.69 Å². The summed E-state index contributed by atoms with van der Waals surface area (Å²) in [5, 5.41) is 0. The number of hydrogen-bond donors (Lipinski definition) is 0. The molecular formula is C54H44N4. The van der Waals surface area contributed by atoms with Crippen LogP contribution in [-0.2, 0) is 16.2 Å². The zero-order valence-electron chi connectivity index (χ0n) is 33.8. The number of rotatable bonds is 5. The topological polar surface area (TPSA) is 41.9 Å². The predicted octanol–water partition coefficient (Wildman–Crippen LogP) is 13.6. The summed E-state index contributed by atoms with van der Waals surface area (Å²) in [5.41, 5.74) is 19.0. The Labute approximate surface area is 341 Å². The molecule has 0 unspecified atom stereocenters. The molecule has 11 rings (SSSR count). The molecule has 1 heterocycles. The van der Waals surface area contributed by atoms with Crippen molar-refractivity contribution < 1.29 is 0 Å². The van der Waals surface area contributed by atoms with Gasteiger partial charge in [-0.05, 0) is 85.5 Å². The Morgan fingerprint density at radius 2 is 0.845 bits per heavy atom. The van der Waals surface area contributed by atoms with Crippen LogP contribution in [0.2, 0.25) is 0 Å². The molecule has 8 aromatic rings. The maximum Gasteiger partial charge on any atom is 0.238 e. The molecule has 0 fully saturated rings. The molecule has 0 aliphatic heterocycles. The van der Waals surface area contributed by atoms with E-state index < -0.39 is 0 Å². The van der Waals surface area contributed by atoms with Gasteiger partial charge >= 0.3 is 0 Å². The average molecular weight is 749 g/mol. The Morgan fingerprint density at radius 1 is 0.362 bits per heavy atom. The summed E-state index contributed by atoms with van der Waals surface area (Å²) in [4.78, 5) is 18.4. The van der Waals surface area contributed by atoms with Crippen LogP contribution in [0.15, 0.2) is 158 Å². The molecule has 3 aliphatic rings. The third kappa shape index (κ3) is 4.84. The molecule has 0 saturated carbocycles. The summed E-state index contributed by atoms with van der Waals surface area (Å²) >= 11 is 0. The van der Waals surface area contributed by atoms with Crippen molar-refractivity contribution >= 4 is 17.3 Å². The number of fused-ring (bicyclic) bond motifs is 9. The van der Waals surface area contributed by atoms with Crippen molar-refractivity contribution in [3.63, 3.8) is 0 Å². The number of hydrogen-bond acceptors (Lipinski definition) is 4. The third-order valence-corrected chi connectivity index (χ3v) is 13.3. The molecule has 58 heavy (non-hydrogen) atoms. The minimum Gasteiger partial charge on any atom is -0.278 e. The van der Waals surface area contributed by atoms with Gasteiger partial charge in [-0.15, -0.1) is 0 Å². The Morgan fingerprint density at radius 3 is 1.50 bits per heavy atom. The fourth-order valence-corrected chi connectivity index (χ4v) is 10.3. The van der Waals surface area contributed by atoms with Crippen LogP contribution in [0.5, 0.6) is 0 Å². The van der Waals surface area contributed by atoms with Crippen LogP contribution in [0.3, 0.4) is 0 Å². The van der Waals surface area contributed by atoms with E-state index in [0.717, 1.165) is 22.5 Å². The van der Waals surface area contributed by atoms with E-state index in [1.165, 1.54) is 66.8 Å². The Hall–Kier alpha value is -6.65. The van der Waals surface area contributed by atoms with E-state index in [-0.39, 0.29) is 16.2 Å². The smallest absolute Gasteiger partial charge is 0.238 e. The van der Waals surface area contributed by atoms with Gasteiger partial charge in [0.1, 0.15) is 0 Å². The van der Waals surface area contributed by atoms with Crippen molar-refractivity contribution in [1.82, 2.24) is 15.0 Å². The van der Waals surface area contributed by atoms with Gasteiger partial charge in [0.25, 0.3) is 0 Å². The molecule has 0 atom stereocenters. The van der Waals surface area contributed by atoms with Crippen LogP contribution < -0.4 is 4.90 Å². The van der Waals surface area contributed by atoms with Gasteiger partial charge in [-0.1, -0.05) is 175 Å². The van der Waals surface area contributed by atoms with Crippen LogP contribution in [0, 0.1) is 0 Å². The second kappa shape index (κ2) is 12.2. The van der Waals surface area contributed by atoms with Crippen molar-refractivity contribution in [2.45, 2.75) is 57.8 Å². The largest absolute Gasteiger partial charge is 0.278 e. The molecule has 0 amide bonds. The van der Waals surface area contributed by atoms with Gasteiger partial charge in [-0.2, -0.15) is 9.97 Å². The summed E-state index contributed by atoms with van der Waals surface area (Å²) < 4.78 is 0. The van der Waals surface area contributed by atoms with Crippen molar-refractivity contribution in [3.8, 4) is 56.2 Å².